The topological polar surface area (TPSA) is 51.5 Å². The van der Waals surface area contributed by atoms with Crippen LogP contribution in [0, 0.1) is 0 Å². The summed E-state index contributed by atoms with van der Waals surface area (Å²) in [7, 11) is 0. The second-order valence-corrected chi connectivity index (χ2v) is 5.41. The highest BCUT2D eigenvalue weighted by molar-refractivity contribution is 5.94. The Balaban J connectivity index is 1.50. The number of benzene rings is 2. The van der Waals surface area contributed by atoms with E-state index in [0.717, 1.165) is 29.7 Å². The third kappa shape index (κ3) is 4.33. The van der Waals surface area contributed by atoms with Gasteiger partial charge in [0.15, 0.2) is 0 Å². The van der Waals surface area contributed by atoms with E-state index in [0.29, 0.717) is 12.2 Å². The van der Waals surface area contributed by atoms with Crippen LogP contribution in [0.1, 0.15) is 22.5 Å². The van der Waals surface area contributed by atoms with Gasteiger partial charge >= 0.3 is 0 Å². The fourth-order valence-corrected chi connectivity index (χ4v) is 2.42. The number of hydroxylamine groups is 1. The largest absolute Gasteiger partial charge is 0.469 e. The lowest BCUT2D eigenvalue weighted by atomic mass is 10.0. The van der Waals surface area contributed by atoms with Crippen LogP contribution < -0.4 is 5.48 Å². The van der Waals surface area contributed by atoms with Crippen molar-refractivity contribution in [3.63, 3.8) is 0 Å². The molecule has 0 saturated carbocycles. The van der Waals surface area contributed by atoms with Gasteiger partial charge < -0.3 is 4.42 Å². The molecule has 3 rings (SSSR count). The van der Waals surface area contributed by atoms with Gasteiger partial charge in [-0.1, -0.05) is 42.5 Å². The molecule has 0 aliphatic heterocycles. The number of hydrogen-bond acceptors (Lipinski definition) is 3. The number of nitrogens with one attached hydrogen (secondary N) is 1. The normalized spacial score (nSPS) is 10.5. The zero-order chi connectivity index (χ0) is 16.6. The van der Waals surface area contributed by atoms with Crippen molar-refractivity contribution < 1.29 is 14.0 Å². The zero-order valence-electron chi connectivity index (χ0n) is 13.3. The van der Waals surface area contributed by atoms with E-state index in [-0.39, 0.29) is 5.91 Å². The maximum atomic E-state index is 12.2. The first-order valence-electron chi connectivity index (χ1n) is 7.93. The number of hydrogen-bond donors (Lipinski definition) is 1. The third-order valence-electron chi connectivity index (χ3n) is 3.65. The highest BCUT2D eigenvalue weighted by Gasteiger charge is 2.07. The molecule has 1 N–H and O–H groups in total. The number of furan rings is 1. The van der Waals surface area contributed by atoms with Crippen molar-refractivity contribution in [2.45, 2.75) is 12.8 Å². The lowest BCUT2D eigenvalue weighted by molar-refractivity contribution is 0.0301. The molecule has 0 radical (unpaired) electrons. The van der Waals surface area contributed by atoms with Crippen LogP contribution in [0.3, 0.4) is 0 Å². The van der Waals surface area contributed by atoms with E-state index in [9.17, 15) is 4.79 Å². The summed E-state index contributed by atoms with van der Waals surface area (Å²) in [5.74, 6) is 0.672. The maximum Gasteiger partial charge on any atom is 0.274 e. The predicted octanol–water partition coefficient (Wildman–Crippen LogP) is 4.24. The molecule has 4 heteroatoms. The van der Waals surface area contributed by atoms with Gasteiger partial charge in [0.1, 0.15) is 5.76 Å². The van der Waals surface area contributed by atoms with E-state index in [4.69, 9.17) is 9.25 Å². The number of carbonyl (C=O) groups is 1. The molecule has 0 saturated heterocycles. The summed E-state index contributed by atoms with van der Waals surface area (Å²) in [6.45, 7) is 0.435. The number of aryl methyl sites for hydroxylation is 1. The van der Waals surface area contributed by atoms with E-state index in [1.165, 1.54) is 0 Å². The molecule has 3 aromatic rings. The molecule has 1 heterocycles. The molecule has 1 amide bonds. The molecule has 24 heavy (non-hydrogen) atoms. The zero-order valence-corrected chi connectivity index (χ0v) is 13.3. The van der Waals surface area contributed by atoms with Gasteiger partial charge in [0.25, 0.3) is 5.91 Å². The Kier molecular flexibility index (Phi) is 5.43. The first-order chi connectivity index (χ1) is 11.8. The molecule has 0 fully saturated rings. The minimum atomic E-state index is -0.245. The van der Waals surface area contributed by atoms with Crippen molar-refractivity contribution in [2.75, 3.05) is 6.61 Å². The van der Waals surface area contributed by atoms with Crippen LogP contribution in [0.25, 0.3) is 11.1 Å². The van der Waals surface area contributed by atoms with Crippen molar-refractivity contribution in [1.29, 1.82) is 0 Å². The van der Waals surface area contributed by atoms with Crippen LogP contribution in [0.4, 0.5) is 0 Å². The van der Waals surface area contributed by atoms with Gasteiger partial charge in [-0.05, 0) is 41.8 Å². The van der Waals surface area contributed by atoms with Gasteiger partial charge in [-0.15, -0.1) is 0 Å². The Hall–Kier alpha value is -2.85. The summed E-state index contributed by atoms with van der Waals surface area (Å²) >= 11 is 0. The fourth-order valence-electron chi connectivity index (χ4n) is 2.42. The van der Waals surface area contributed by atoms with Crippen LogP contribution in [-0.4, -0.2) is 12.5 Å². The Bertz CT molecular complexity index is 767. The van der Waals surface area contributed by atoms with E-state index < -0.39 is 0 Å². The van der Waals surface area contributed by atoms with E-state index in [1.807, 2.05) is 60.7 Å². The summed E-state index contributed by atoms with van der Waals surface area (Å²) < 4.78 is 5.24. The van der Waals surface area contributed by atoms with E-state index in [2.05, 4.69) is 5.48 Å². The SMILES string of the molecule is O=C(NOCCCc1ccco1)c1cccc(-c2ccccc2)c1. The van der Waals surface area contributed by atoms with Crippen molar-refractivity contribution in [3.8, 4) is 11.1 Å². The first-order valence-corrected chi connectivity index (χ1v) is 7.93. The monoisotopic (exact) mass is 321 g/mol. The van der Waals surface area contributed by atoms with E-state index in [1.54, 1.807) is 12.3 Å². The summed E-state index contributed by atoms with van der Waals surface area (Å²) in [6, 6.07) is 21.2. The quantitative estimate of drug-likeness (QED) is 0.523. The van der Waals surface area contributed by atoms with Gasteiger partial charge in [-0.25, -0.2) is 5.48 Å². The van der Waals surface area contributed by atoms with Gasteiger partial charge in [0.2, 0.25) is 0 Å². The molecule has 2 aromatic carbocycles. The minimum Gasteiger partial charge on any atom is -0.469 e. The standard InChI is InChI=1S/C20H19NO3/c22-20(21-24-14-6-12-19-11-5-13-23-19)18-10-4-9-17(15-18)16-7-2-1-3-8-16/h1-5,7-11,13,15H,6,12,14H2,(H,21,22). The molecule has 0 bridgehead atoms. The lowest BCUT2D eigenvalue weighted by Crippen LogP contribution is -2.24. The summed E-state index contributed by atoms with van der Waals surface area (Å²) in [5.41, 5.74) is 5.14. The Morgan fingerprint density at radius 1 is 0.958 bits per heavy atom. The average molecular weight is 321 g/mol. The molecule has 122 valence electrons. The Morgan fingerprint density at radius 3 is 2.58 bits per heavy atom. The molecule has 0 aliphatic rings. The fraction of sp³-hybridized carbons (Fsp3) is 0.150. The van der Waals surface area contributed by atoms with Gasteiger partial charge in [0.05, 0.1) is 12.9 Å². The van der Waals surface area contributed by atoms with Gasteiger partial charge in [-0.2, -0.15) is 0 Å². The van der Waals surface area contributed by atoms with Crippen LogP contribution in [-0.2, 0) is 11.3 Å². The second-order valence-electron chi connectivity index (χ2n) is 5.41. The number of amides is 1. The molecular weight excluding hydrogens is 302 g/mol. The molecule has 0 atom stereocenters. The predicted molar refractivity (Wildman–Crippen MR) is 92.3 cm³/mol. The lowest BCUT2D eigenvalue weighted by Gasteiger charge is -2.07. The smallest absolute Gasteiger partial charge is 0.274 e. The van der Waals surface area contributed by atoms with Crippen LogP contribution >= 0.6 is 0 Å². The average Bonchev–Trinajstić information content (AvgIpc) is 3.15. The van der Waals surface area contributed by atoms with Gasteiger partial charge in [-0.3, -0.25) is 9.63 Å². The Labute approximate surface area is 141 Å². The number of carbonyl (C=O) groups excluding carboxylic acids is 1. The maximum absolute atomic E-state index is 12.2. The number of rotatable bonds is 7. The van der Waals surface area contributed by atoms with Crippen LogP contribution in [0.5, 0.6) is 0 Å². The highest BCUT2D eigenvalue weighted by Crippen LogP contribution is 2.19. The van der Waals surface area contributed by atoms with E-state index >= 15 is 0 Å². The third-order valence-corrected chi connectivity index (χ3v) is 3.65. The summed E-state index contributed by atoms with van der Waals surface area (Å²) in [4.78, 5) is 17.4. The van der Waals surface area contributed by atoms with Crippen molar-refractivity contribution in [3.05, 3.63) is 84.3 Å². The summed E-state index contributed by atoms with van der Waals surface area (Å²) in [5, 5.41) is 0. The molecule has 0 unspecified atom stereocenters. The molecular formula is C20H19NO3. The summed E-state index contributed by atoms with van der Waals surface area (Å²) in [6.07, 6.45) is 3.21. The van der Waals surface area contributed by atoms with Crippen molar-refractivity contribution >= 4 is 5.91 Å². The molecule has 0 spiro atoms. The Morgan fingerprint density at radius 2 is 1.79 bits per heavy atom. The highest BCUT2D eigenvalue weighted by atomic mass is 16.6. The van der Waals surface area contributed by atoms with Crippen molar-refractivity contribution in [1.82, 2.24) is 5.48 Å². The molecule has 1 aromatic heterocycles. The first kappa shape index (κ1) is 16.0. The van der Waals surface area contributed by atoms with Crippen molar-refractivity contribution in [2.24, 2.45) is 0 Å². The van der Waals surface area contributed by atoms with Gasteiger partial charge in [0, 0.05) is 12.0 Å². The molecule has 4 nitrogen and oxygen atoms in total. The van der Waals surface area contributed by atoms with Crippen LogP contribution in [0.15, 0.2) is 77.4 Å². The van der Waals surface area contributed by atoms with Crippen LogP contribution in [0.2, 0.25) is 0 Å². The second kappa shape index (κ2) is 8.13. The molecule has 0 aliphatic carbocycles. The minimum absolute atomic E-state index is 0.245.